The number of imide groups is 1. The van der Waals surface area contributed by atoms with Gasteiger partial charge in [-0.05, 0) is 35.5 Å². The predicted molar refractivity (Wildman–Crippen MR) is 114 cm³/mol. The van der Waals surface area contributed by atoms with Crippen LogP contribution in [0.4, 0.5) is 4.79 Å². The topological polar surface area (TPSA) is 85.4 Å². The van der Waals surface area contributed by atoms with Gasteiger partial charge in [0.1, 0.15) is 6.54 Å². The summed E-state index contributed by atoms with van der Waals surface area (Å²) in [5, 5.41) is 1.03. The van der Waals surface area contributed by atoms with Crippen LogP contribution >= 0.6 is 23.4 Å². The van der Waals surface area contributed by atoms with Crippen LogP contribution in [0.25, 0.3) is 17.0 Å². The van der Waals surface area contributed by atoms with Gasteiger partial charge >= 0.3 is 0 Å². The standard InChI is InChI=1S/C21H16ClN3O3S/c22-16-7-3-1-5-13(16)11-25-20(27)18(29-21(25)28)9-14-10-24(12-19(23)26)17-8-4-2-6-15(14)17/h1-10H,11-12H2,(H2,23,26)/b18-9-. The quantitative estimate of drug-likeness (QED) is 0.625. The maximum atomic E-state index is 12.8. The number of hydrogen-bond acceptors (Lipinski definition) is 4. The van der Waals surface area contributed by atoms with Crippen molar-refractivity contribution in [1.29, 1.82) is 0 Å². The zero-order chi connectivity index (χ0) is 20.5. The van der Waals surface area contributed by atoms with Gasteiger partial charge in [-0.1, -0.05) is 48.0 Å². The number of carbonyl (C=O) groups is 3. The highest BCUT2D eigenvalue weighted by atomic mass is 35.5. The molecule has 1 aromatic heterocycles. The number of aromatic nitrogens is 1. The van der Waals surface area contributed by atoms with Gasteiger partial charge in [-0.3, -0.25) is 19.3 Å². The van der Waals surface area contributed by atoms with E-state index in [4.69, 9.17) is 17.3 Å². The lowest BCUT2D eigenvalue weighted by molar-refractivity contribution is -0.123. The lowest BCUT2D eigenvalue weighted by Gasteiger charge is -2.13. The van der Waals surface area contributed by atoms with Crippen LogP contribution in [-0.4, -0.2) is 26.5 Å². The van der Waals surface area contributed by atoms with Crippen LogP contribution in [-0.2, 0) is 22.7 Å². The Balaban J connectivity index is 1.67. The first kappa shape index (κ1) is 19.3. The lowest BCUT2D eigenvalue weighted by Crippen LogP contribution is -2.27. The second-order valence-corrected chi connectivity index (χ2v) is 7.96. The maximum Gasteiger partial charge on any atom is 0.293 e. The Hall–Kier alpha value is -3.03. The Morgan fingerprint density at radius 2 is 1.83 bits per heavy atom. The van der Waals surface area contributed by atoms with Crippen molar-refractivity contribution in [3.8, 4) is 0 Å². The monoisotopic (exact) mass is 425 g/mol. The van der Waals surface area contributed by atoms with E-state index >= 15 is 0 Å². The van der Waals surface area contributed by atoms with Crippen molar-refractivity contribution in [1.82, 2.24) is 9.47 Å². The van der Waals surface area contributed by atoms with Gasteiger partial charge in [0, 0.05) is 27.7 Å². The molecule has 0 spiro atoms. The number of halogens is 1. The zero-order valence-corrected chi connectivity index (χ0v) is 16.7. The Kier molecular flexibility index (Phi) is 5.17. The molecule has 1 aliphatic rings. The minimum Gasteiger partial charge on any atom is -0.368 e. The Bertz CT molecular complexity index is 1180. The number of carbonyl (C=O) groups excluding carboxylic acids is 3. The Morgan fingerprint density at radius 3 is 2.59 bits per heavy atom. The fourth-order valence-corrected chi connectivity index (χ4v) is 4.29. The number of thioether (sulfide) groups is 1. The molecule has 0 saturated carbocycles. The summed E-state index contributed by atoms with van der Waals surface area (Å²) < 4.78 is 1.73. The molecule has 8 heteroatoms. The molecule has 1 saturated heterocycles. The van der Waals surface area contributed by atoms with Crippen molar-refractivity contribution in [2.24, 2.45) is 5.73 Å². The third-order valence-corrected chi connectivity index (χ3v) is 5.87. The molecule has 0 bridgehead atoms. The van der Waals surface area contributed by atoms with Crippen LogP contribution in [0.2, 0.25) is 5.02 Å². The highest BCUT2D eigenvalue weighted by molar-refractivity contribution is 8.18. The highest BCUT2D eigenvalue weighted by Gasteiger charge is 2.35. The van der Waals surface area contributed by atoms with Crippen LogP contribution in [0.3, 0.4) is 0 Å². The first-order chi connectivity index (χ1) is 13.9. The lowest BCUT2D eigenvalue weighted by atomic mass is 10.1. The van der Waals surface area contributed by atoms with E-state index in [0.717, 1.165) is 28.2 Å². The summed E-state index contributed by atoms with van der Waals surface area (Å²) in [4.78, 5) is 38.2. The average Bonchev–Trinajstić information content (AvgIpc) is 3.15. The molecular weight excluding hydrogens is 410 g/mol. The predicted octanol–water partition coefficient (Wildman–Crippen LogP) is 4.02. The number of para-hydroxylation sites is 1. The van der Waals surface area contributed by atoms with Crippen LogP contribution < -0.4 is 5.73 Å². The van der Waals surface area contributed by atoms with Gasteiger partial charge in [-0.15, -0.1) is 0 Å². The van der Waals surface area contributed by atoms with Gasteiger partial charge in [0.05, 0.1) is 11.4 Å². The molecule has 3 amide bonds. The Morgan fingerprint density at radius 1 is 1.10 bits per heavy atom. The number of nitrogens with two attached hydrogens (primary N) is 1. The SMILES string of the molecule is NC(=O)Cn1cc(/C=C2\SC(=O)N(Cc3ccccc3Cl)C2=O)c2ccccc21. The van der Waals surface area contributed by atoms with E-state index in [2.05, 4.69) is 0 Å². The van der Waals surface area contributed by atoms with Gasteiger partial charge < -0.3 is 10.3 Å². The van der Waals surface area contributed by atoms with E-state index in [1.807, 2.05) is 30.3 Å². The zero-order valence-electron chi connectivity index (χ0n) is 15.2. The van der Waals surface area contributed by atoms with E-state index in [-0.39, 0.29) is 24.2 Å². The Labute approximate surface area is 175 Å². The summed E-state index contributed by atoms with van der Waals surface area (Å²) in [6.07, 6.45) is 3.44. The third kappa shape index (κ3) is 3.79. The summed E-state index contributed by atoms with van der Waals surface area (Å²) in [7, 11) is 0. The fourth-order valence-electron chi connectivity index (χ4n) is 3.26. The average molecular weight is 426 g/mol. The number of benzene rings is 2. The molecule has 0 atom stereocenters. The van der Waals surface area contributed by atoms with E-state index in [1.54, 1.807) is 35.0 Å². The molecule has 6 nitrogen and oxygen atoms in total. The number of amides is 3. The van der Waals surface area contributed by atoms with Crippen molar-refractivity contribution in [3.63, 3.8) is 0 Å². The second-order valence-electron chi connectivity index (χ2n) is 6.56. The first-order valence-electron chi connectivity index (χ1n) is 8.79. The van der Waals surface area contributed by atoms with Crippen molar-refractivity contribution >= 4 is 57.4 Å². The fraction of sp³-hybridized carbons (Fsp3) is 0.0952. The van der Waals surface area contributed by atoms with Crippen LogP contribution in [0.1, 0.15) is 11.1 Å². The van der Waals surface area contributed by atoms with E-state index in [0.29, 0.717) is 15.5 Å². The van der Waals surface area contributed by atoms with Crippen molar-refractivity contribution in [2.45, 2.75) is 13.1 Å². The minimum absolute atomic E-state index is 0.0301. The maximum absolute atomic E-state index is 12.8. The molecule has 2 aromatic carbocycles. The second kappa shape index (κ2) is 7.77. The van der Waals surface area contributed by atoms with Gasteiger partial charge in [0.2, 0.25) is 5.91 Å². The molecular formula is C21H16ClN3O3S. The van der Waals surface area contributed by atoms with Gasteiger partial charge in [0.15, 0.2) is 0 Å². The minimum atomic E-state index is -0.461. The van der Waals surface area contributed by atoms with Gasteiger partial charge in [-0.25, -0.2) is 0 Å². The van der Waals surface area contributed by atoms with Crippen LogP contribution in [0.15, 0.2) is 59.6 Å². The first-order valence-corrected chi connectivity index (χ1v) is 9.98. The summed E-state index contributed by atoms with van der Waals surface area (Å²) >= 11 is 7.05. The van der Waals surface area contributed by atoms with Crippen LogP contribution in [0.5, 0.6) is 0 Å². The van der Waals surface area contributed by atoms with Gasteiger partial charge in [0.25, 0.3) is 11.1 Å². The number of fused-ring (bicyclic) bond motifs is 1. The molecule has 3 aromatic rings. The van der Waals surface area contributed by atoms with E-state index in [9.17, 15) is 14.4 Å². The third-order valence-electron chi connectivity index (χ3n) is 4.59. The molecule has 2 N–H and O–H groups in total. The molecule has 2 heterocycles. The van der Waals surface area contributed by atoms with Crippen LogP contribution in [0, 0.1) is 0 Å². The molecule has 1 aliphatic heterocycles. The summed E-state index contributed by atoms with van der Waals surface area (Å²) in [6.45, 7) is 0.146. The van der Waals surface area contributed by atoms with Crippen molar-refractivity contribution in [2.75, 3.05) is 0 Å². The van der Waals surface area contributed by atoms with Crippen molar-refractivity contribution < 1.29 is 14.4 Å². The molecule has 0 radical (unpaired) electrons. The molecule has 146 valence electrons. The highest BCUT2D eigenvalue weighted by Crippen LogP contribution is 2.35. The number of hydrogen-bond donors (Lipinski definition) is 1. The summed E-state index contributed by atoms with van der Waals surface area (Å²) in [6, 6.07) is 14.6. The largest absolute Gasteiger partial charge is 0.368 e. The number of nitrogens with zero attached hydrogens (tertiary/aromatic N) is 2. The summed E-state index contributed by atoms with van der Waals surface area (Å²) in [5.41, 5.74) is 7.61. The molecule has 0 unspecified atom stereocenters. The molecule has 4 rings (SSSR count). The number of rotatable bonds is 5. The van der Waals surface area contributed by atoms with Gasteiger partial charge in [-0.2, -0.15) is 0 Å². The van der Waals surface area contributed by atoms with E-state index < -0.39 is 5.91 Å². The normalized spacial score (nSPS) is 15.6. The smallest absolute Gasteiger partial charge is 0.293 e. The number of primary amides is 1. The van der Waals surface area contributed by atoms with Crippen molar-refractivity contribution in [3.05, 3.63) is 75.8 Å². The summed E-state index contributed by atoms with van der Waals surface area (Å²) in [5.74, 6) is -0.830. The molecule has 0 aliphatic carbocycles. The molecule has 1 fully saturated rings. The molecule has 29 heavy (non-hydrogen) atoms. The van der Waals surface area contributed by atoms with E-state index in [1.165, 1.54) is 4.90 Å².